The summed E-state index contributed by atoms with van der Waals surface area (Å²) in [5.74, 6) is 0.676. The molecule has 0 aliphatic heterocycles. The third kappa shape index (κ3) is 5.37. The number of rotatable bonds is 5. The predicted molar refractivity (Wildman–Crippen MR) is 240 cm³/mol. The average molecular weight is 770 g/mol. The molecule has 0 saturated heterocycles. The van der Waals surface area contributed by atoms with Gasteiger partial charge < -0.3 is 4.42 Å². The molecule has 4 nitrogen and oxygen atoms in total. The minimum atomic E-state index is -0.328. The van der Waals surface area contributed by atoms with Crippen molar-refractivity contribution in [1.29, 1.82) is 0 Å². The van der Waals surface area contributed by atoms with Crippen LogP contribution in [0.15, 0.2) is 180 Å². The van der Waals surface area contributed by atoms with E-state index < -0.39 is 0 Å². The van der Waals surface area contributed by atoms with Gasteiger partial charge in [-0.25, -0.2) is 15.0 Å². The average Bonchev–Trinajstić information content (AvgIpc) is 4.03. The SMILES string of the molecule is [2H]c1c(-c2ccc3c(c2)sc2ccccc23)c([2H])c2c(oc3c([2H])c(-c4nc(-c5ccc(-c6ccccc6)cc5)nc(-c5cccc6sc7ccccc7c56)n4)c([2H])c([2H])c32)c1[2H]. The first-order valence-corrected chi connectivity index (χ1v) is 20.1. The molecule has 266 valence electrons. The first-order valence-electron chi connectivity index (χ1n) is 21.4. The van der Waals surface area contributed by atoms with Crippen LogP contribution in [0.1, 0.15) is 8.22 Å². The Balaban J connectivity index is 1.08. The molecule has 0 aliphatic rings. The molecule has 0 radical (unpaired) electrons. The van der Waals surface area contributed by atoms with Gasteiger partial charge in [-0.2, -0.15) is 0 Å². The van der Waals surface area contributed by atoms with Crippen LogP contribution in [0.2, 0.25) is 0 Å². The van der Waals surface area contributed by atoms with Gasteiger partial charge in [0, 0.05) is 67.8 Å². The van der Waals surface area contributed by atoms with E-state index in [0.29, 0.717) is 22.8 Å². The Bertz CT molecular complexity index is 3880. The van der Waals surface area contributed by atoms with Crippen molar-refractivity contribution in [3.63, 3.8) is 0 Å². The summed E-state index contributed by atoms with van der Waals surface area (Å²) in [4.78, 5) is 14.9. The van der Waals surface area contributed by atoms with Gasteiger partial charge in [-0.15, -0.1) is 22.7 Å². The van der Waals surface area contributed by atoms with E-state index in [4.69, 9.17) is 22.1 Å². The lowest BCUT2D eigenvalue weighted by Gasteiger charge is -2.10. The van der Waals surface area contributed by atoms with Crippen molar-refractivity contribution < 1.29 is 12.6 Å². The number of hydrogen-bond acceptors (Lipinski definition) is 6. The van der Waals surface area contributed by atoms with Crippen LogP contribution >= 0.6 is 22.7 Å². The van der Waals surface area contributed by atoms with E-state index in [1.54, 1.807) is 22.7 Å². The summed E-state index contributed by atoms with van der Waals surface area (Å²) in [7, 11) is 0. The number of aromatic nitrogens is 3. The van der Waals surface area contributed by atoms with Crippen molar-refractivity contribution in [2.24, 2.45) is 0 Å². The first-order chi connectivity index (χ1) is 30.7. The molecule has 6 heteroatoms. The van der Waals surface area contributed by atoms with Gasteiger partial charge in [0.25, 0.3) is 0 Å². The van der Waals surface area contributed by atoms with E-state index in [0.717, 1.165) is 57.0 Å². The van der Waals surface area contributed by atoms with Crippen molar-refractivity contribution in [2.75, 3.05) is 0 Å². The van der Waals surface area contributed by atoms with Gasteiger partial charge >= 0.3 is 0 Å². The minimum Gasteiger partial charge on any atom is -0.456 e. The quantitative estimate of drug-likeness (QED) is 0.175. The Labute approximate surface area is 343 Å². The normalized spacial score (nSPS) is 13.3. The van der Waals surface area contributed by atoms with Crippen molar-refractivity contribution in [3.05, 3.63) is 176 Å². The Morgan fingerprint density at radius 1 is 0.386 bits per heavy atom. The second-order valence-electron chi connectivity index (χ2n) is 13.8. The monoisotopic (exact) mass is 769 g/mol. The number of nitrogens with zero attached hydrogens (tertiary/aromatic N) is 3. The number of fused-ring (bicyclic) bond motifs is 9. The molecule has 12 aromatic rings. The second-order valence-corrected chi connectivity index (χ2v) is 16.0. The highest BCUT2D eigenvalue weighted by atomic mass is 32.1. The summed E-state index contributed by atoms with van der Waals surface area (Å²) in [5.41, 5.74) is 4.12. The third-order valence-electron chi connectivity index (χ3n) is 10.4. The smallest absolute Gasteiger partial charge is 0.164 e. The fourth-order valence-electron chi connectivity index (χ4n) is 7.67. The van der Waals surface area contributed by atoms with Crippen LogP contribution in [0, 0.1) is 0 Å². The van der Waals surface area contributed by atoms with Crippen molar-refractivity contribution in [1.82, 2.24) is 15.0 Å². The molecule has 0 amide bonds. The Kier molecular flexibility index (Phi) is 6.00. The molecule has 4 heterocycles. The third-order valence-corrected chi connectivity index (χ3v) is 12.7. The summed E-state index contributed by atoms with van der Waals surface area (Å²) in [6, 6.07) is 44.5. The maximum absolute atomic E-state index is 9.63. The summed E-state index contributed by atoms with van der Waals surface area (Å²) in [6.45, 7) is 0. The first kappa shape index (κ1) is 26.8. The molecule has 8 aromatic carbocycles. The number of hydrogen-bond donors (Lipinski definition) is 0. The molecule has 0 aliphatic carbocycles. The van der Waals surface area contributed by atoms with Gasteiger partial charge in [-0.05, 0) is 70.7 Å². The topological polar surface area (TPSA) is 51.8 Å². The number of benzene rings is 8. The van der Waals surface area contributed by atoms with E-state index in [-0.39, 0.29) is 75.1 Å². The minimum absolute atomic E-state index is 0.0141. The second kappa shape index (κ2) is 12.8. The van der Waals surface area contributed by atoms with E-state index in [2.05, 4.69) is 30.3 Å². The molecule has 0 spiro atoms. The van der Waals surface area contributed by atoms with E-state index in [1.165, 1.54) is 0 Å². The molecule has 0 unspecified atom stereocenters. The van der Waals surface area contributed by atoms with Crippen molar-refractivity contribution in [3.8, 4) is 56.4 Å². The summed E-state index contributed by atoms with van der Waals surface area (Å²) < 4.78 is 66.9. The van der Waals surface area contributed by atoms with E-state index in [9.17, 15) is 5.48 Å². The molecule has 57 heavy (non-hydrogen) atoms. The van der Waals surface area contributed by atoms with Gasteiger partial charge in [-0.3, -0.25) is 0 Å². The zero-order valence-electron chi connectivity index (χ0n) is 35.8. The fourth-order valence-corrected chi connectivity index (χ4v) is 9.95. The molecular formula is C51H29N3OS2. The van der Waals surface area contributed by atoms with Gasteiger partial charge in [0.2, 0.25) is 0 Å². The zero-order valence-corrected chi connectivity index (χ0v) is 31.5. The van der Waals surface area contributed by atoms with Gasteiger partial charge in [0.1, 0.15) is 11.2 Å². The summed E-state index contributed by atoms with van der Waals surface area (Å²) in [6.07, 6.45) is 0. The number of furan rings is 1. The highest BCUT2D eigenvalue weighted by Gasteiger charge is 2.18. The molecule has 0 fully saturated rings. The Hall–Kier alpha value is -6.99. The lowest BCUT2D eigenvalue weighted by molar-refractivity contribution is 0.669. The maximum Gasteiger partial charge on any atom is 0.164 e. The molecule has 0 bridgehead atoms. The highest BCUT2D eigenvalue weighted by molar-refractivity contribution is 7.26. The molecule has 0 N–H and O–H groups in total. The van der Waals surface area contributed by atoms with Gasteiger partial charge in [0.05, 0.1) is 8.22 Å². The lowest BCUT2D eigenvalue weighted by atomic mass is 10.0. The Morgan fingerprint density at radius 2 is 1.02 bits per heavy atom. The largest absolute Gasteiger partial charge is 0.456 e. The van der Waals surface area contributed by atoms with E-state index in [1.807, 2.05) is 109 Å². The Morgan fingerprint density at radius 3 is 1.88 bits per heavy atom. The van der Waals surface area contributed by atoms with Crippen molar-refractivity contribution >= 4 is 85.0 Å². The standard InChI is InChI=1S/C51H29N3OS2/c1-2-9-30(10-3-1)31-17-19-32(20-18-31)49-52-50(54-51(53-49)40-13-8-16-46-48(40)39-12-5-7-15-45(39)56-46)35-22-24-36-41-27-33(23-26-42(41)55-43(36)28-35)34-21-25-38-37-11-4-6-14-44(37)57-47(38)29-34/h1-29H/i22D,23D,24D,26D,27D,28D. The van der Waals surface area contributed by atoms with E-state index >= 15 is 0 Å². The summed E-state index contributed by atoms with van der Waals surface area (Å²) >= 11 is 3.29. The van der Waals surface area contributed by atoms with Gasteiger partial charge in [-0.1, -0.05) is 127 Å². The maximum atomic E-state index is 9.63. The molecule has 0 atom stereocenters. The van der Waals surface area contributed by atoms with Crippen LogP contribution in [-0.4, -0.2) is 15.0 Å². The van der Waals surface area contributed by atoms with Crippen molar-refractivity contribution in [2.45, 2.75) is 0 Å². The predicted octanol–water partition coefficient (Wildman–Crippen LogP) is 14.8. The molecule has 4 aromatic heterocycles. The molecular weight excluding hydrogens is 735 g/mol. The summed E-state index contributed by atoms with van der Waals surface area (Å²) in [5, 5.41) is 4.39. The fraction of sp³-hybridized carbons (Fsp3) is 0. The lowest BCUT2D eigenvalue weighted by Crippen LogP contribution is -2.00. The molecule has 12 rings (SSSR count). The van der Waals surface area contributed by atoms with Crippen LogP contribution in [0.25, 0.3) is 119 Å². The van der Waals surface area contributed by atoms with Crippen LogP contribution in [0.4, 0.5) is 0 Å². The van der Waals surface area contributed by atoms with Crippen LogP contribution in [0.3, 0.4) is 0 Å². The zero-order chi connectivity index (χ0) is 42.7. The van der Waals surface area contributed by atoms with Crippen LogP contribution < -0.4 is 0 Å². The highest BCUT2D eigenvalue weighted by Crippen LogP contribution is 2.41. The number of thiophene rings is 2. The molecule has 0 saturated carbocycles. The van der Waals surface area contributed by atoms with Crippen LogP contribution in [-0.2, 0) is 0 Å². The van der Waals surface area contributed by atoms with Crippen LogP contribution in [0.5, 0.6) is 0 Å². The van der Waals surface area contributed by atoms with Gasteiger partial charge in [0.15, 0.2) is 17.5 Å².